The van der Waals surface area contributed by atoms with Gasteiger partial charge in [0.2, 0.25) is 5.91 Å². The van der Waals surface area contributed by atoms with Gasteiger partial charge in [-0.3, -0.25) is 9.69 Å². The van der Waals surface area contributed by atoms with Crippen molar-refractivity contribution in [2.75, 3.05) is 33.4 Å². The minimum Gasteiger partial charge on any atom is -0.383 e. The van der Waals surface area contributed by atoms with Crippen molar-refractivity contribution in [1.82, 2.24) is 9.80 Å². The molecule has 0 aromatic heterocycles. The predicted molar refractivity (Wildman–Crippen MR) is 96.6 cm³/mol. The van der Waals surface area contributed by atoms with Gasteiger partial charge in [-0.15, -0.1) is 0 Å². The van der Waals surface area contributed by atoms with E-state index in [1.807, 2.05) is 11.0 Å². The summed E-state index contributed by atoms with van der Waals surface area (Å²) >= 11 is 0. The van der Waals surface area contributed by atoms with Crippen molar-refractivity contribution in [2.24, 2.45) is 5.73 Å². The first-order chi connectivity index (χ1) is 11.7. The van der Waals surface area contributed by atoms with Gasteiger partial charge in [0, 0.05) is 32.8 Å². The van der Waals surface area contributed by atoms with Gasteiger partial charge in [-0.25, -0.2) is 0 Å². The number of hydrogen-bond acceptors (Lipinski definition) is 4. The van der Waals surface area contributed by atoms with Gasteiger partial charge in [-0.1, -0.05) is 37.3 Å². The monoisotopic (exact) mass is 333 g/mol. The van der Waals surface area contributed by atoms with Gasteiger partial charge in [0.15, 0.2) is 0 Å². The molecule has 1 aromatic rings. The van der Waals surface area contributed by atoms with Crippen molar-refractivity contribution in [3.63, 3.8) is 0 Å². The second kappa shape index (κ2) is 9.77. The van der Waals surface area contributed by atoms with Gasteiger partial charge in [0.1, 0.15) is 6.04 Å². The summed E-state index contributed by atoms with van der Waals surface area (Å²) in [6.45, 7) is 6.09. The van der Waals surface area contributed by atoms with Crippen LogP contribution in [0.4, 0.5) is 0 Å². The summed E-state index contributed by atoms with van der Waals surface area (Å²) in [7, 11) is 1.58. The molecule has 5 nitrogen and oxygen atoms in total. The number of hydrogen-bond donors (Lipinski definition) is 1. The molecule has 134 valence electrons. The van der Waals surface area contributed by atoms with E-state index in [0.717, 1.165) is 45.4 Å². The average Bonchev–Trinajstić information content (AvgIpc) is 2.60. The van der Waals surface area contributed by atoms with Crippen LogP contribution in [-0.4, -0.2) is 61.1 Å². The second-order valence-electron chi connectivity index (χ2n) is 6.61. The molecule has 0 radical (unpaired) electrons. The number of rotatable bonds is 8. The van der Waals surface area contributed by atoms with Gasteiger partial charge in [0.25, 0.3) is 0 Å². The van der Waals surface area contributed by atoms with Crippen molar-refractivity contribution in [2.45, 2.75) is 44.8 Å². The molecule has 2 rings (SSSR count). The van der Waals surface area contributed by atoms with Crippen molar-refractivity contribution < 1.29 is 9.53 Å². The molecule has 0 aliphatic carbocycles. The highest BCUT2D eigenvalue weighted by Crippen LogP contribution is 2.19. The van der Waals surface area contributed by atoms with Crippen LogP contribution in [0.1, 0.15) is 31.7 Å². The molecule has 1 fully saturated rings. The SMILES string of the molecule is CCCN(C(=O)C(N)COC)C1CCCN(Cc2ccccc2)C1. The van der Waals surface area contributed by atoms with E-state index >= 15 is 0 Å². The van der Waals surface area contributed by atoms with E-state index in [1.54, 1.807) is 7.11 Å². The number of piperidine rings is 1. The van der Waals surface area contributed by atoms with Gasteiger partial charge < -0.3 is 15.4 Å². The van der Waals surface area contributed by atoms with Crippen molar-refractivity contribution in [3.05, 3.63) is 35.9 Å². The smallest absolute Gasteiger partial charge is 0.242 e. The third-order valence-electron chi connectivity index (χ3n) is 4.58. The van der Waals surface area contributed by atoms with Gasteiger partial charge in [-0.2, -0.15) is 0 Å². The van der Waals surface area contributed by atoms with E-state index in [-0.39, 0.29) is 18.6 Å². The van der Waals surface area contributed by atoms with Crippen LogP contribution in [0.2, 0.25) is 0 Å². The van der Waals surface area contributed by atoms with Gasteiger partial charge in [0.05, 0.1) is 6.61 Å². The zero-order valence-corrected chi connectivity index (χ0v) is 15.0. The maximum atomic E-state index is 12.7. The molecular formula is C19H31N3O2. The summed E-state index contributed by atoms with van der Waals surface area (Å²) < 4.78 is 5.06. The first kappa shape index (κ1) is 18.9. The molecule has 1 saturated heterocycles. The van der Waals surface area contributed by atoms with Gasteiger partial charge in [-0.05, 0) is 31.4 Å². The predicted octanol–water partition coefficient (Wildman–Crippen LogP) is 1.86. The van der Waals surface area contributed by atoms with Crippen molar-refractivity contribution >= 4 is 5.91 Å². The fourth-order valence-electron chi connectivity index (χ4n) is 3.45. The number of benzene rings is 1. The van der Waals surface area contributed by atoms with Crippen LogP contribution in [0.15, 0.2) is 30.3 Å². The fraction of sp³-hybridized carbons (Fsp3) is 0.632. The van der Waals surface area contributed by atoms with Crippen LogP contribution < -0.4 is 5.73 Å². The zero-order chi connectivity index (χ0) is 17.4. The summed E-state index contributed by atoms with van der Waals surface area (Å²) in [4.78, 5) is 17.1. The molecule has 2 N–H and O–H groups in total. The second-order valence-corrected chi connectivity index (χ2v) is 6.61. The molecule has 1 aliphatic rings. The Morgan fingerprint density at radius 3 is 2.83 bits per heavy atom. The number of nitrogens with two attached hydrogens (primary N) is 1. The molecular weight excluding hydrogens is 302 g/mol. The van der Waals surface area contributed by atoms with Crippen molar-refractivity contribution in [3.8, 4) is 0 Å². The lowest BCUT2D eigenvalue weighted by Crippen LogP contribution is -2.55. The molecule has 2 unspecified atom stereocenters. The standard InChI is InChI=1S/C19H31N3O2/c1-3-11-22(19(23)18(20)15-24-2)17-10-7-12-21(14-17)13-16-8-5-4-6-9-16/h4-6,8-9,17-18H,3,7,10-15,20H2,1-2H3. The minimum absolute atomic E-state index is 0.0188. The molecule has 1 aromatic carbocycles. The third-order valence-corrected chi connectivity index (χ3v) is 4.58. The number of nitrogens with zero attached hydrogens (tertiary/aromatic N) is 2. The Hall–Kier alpha value is -1.43. The zero-order valence-electron chi connectivity index (χ0n) is 15.0. The van der Waals surface area contributed by atoms with Crippen LogP contribution >= 0.6 is 0 Å². The molecule has 24 heavy (non-hydrogen) atoms. The largest absolute Gasteiger partial charge is 0.383 e. The number of likely N-dealkylation sites (tertiary alicyclic amines) is 1. The Bertz CT molecular complexity index is 495. The molecule has 0 bridgehead atoms. The maximum absolute atomic E-state index is 12.7. The van der Waals surface area contributed by atoms with Crippen LogP contribution in [0.25, 0.3) is 0 Å². The molecule has 0 spiro atoms. The number of carbonyl (C=O) groups is 1. The summed E-state index contributed by atoms with van der Waals surface area (Å²) in [5.74, 6) is 0.0188. The highest BCUT2D eigenvalue weighted by Gasteiger charge is 2.30. The Morgan fingerprint density at radius 1 is 1.42 bits per heavy atom. The Kier molecular flexibility index (Phi) is 7.69. The van der Waals surface area contributed by atoms with Crippen molar-refractivity contribution in [1.29, 1.82) is 0 Å². The summed E-state index contributed by atoms with van der Waals surface area (Å²) in [5.41, 5.74) is 7.32. The van der Waals surface area contributed by atoms with Crippen LogP contribution in [0, 0.1) is 0 Å². The van der Waals surface area contributed by atoms with Crippen LogP contribution in [0.5, 0.6) is 0 Å². The molecule has 1 aliphatic heterocycles. The first-order valence-electron chi connectivity index (χ1n) is 8.97. The molecule has 5 heteroatoms. The summed E-state index contributed by atoms with van der Waals surface area (Å²) in [5, 5.41) is 0. The maximum Gasteiger partial charge on any atom is 0.242 e. The minimum atomic E-state index is -0.564. The lowest BCUT2D eigenvalue weighted by atomic mass is 10.0. The Labute approximate surface area is 145 Å². The number of methoxy groups -OCH3 is 1. The summed E-state index contributed by atoms with van der Waals surface area (Å²) in [6, 6.07) is 10.2. The topological polar surface area (TPSA) is 58.8 Å². The average molecular weight is 333 g/mol. The van der Waals surface area contributed by atoms with E-state index < -0.39 is 6.04 Å². The van der Waals surface area contributed by atoms with Crippen LogP contribution in [0.3, 0.4) is 0 Å². The molecule has 2 atom stereocenters. The van der Waals surface area contributed by atoms with Gasteiger partial charge >= 0.3 is 0 Å². The Balaban J connectivity index is 2.00. The molecule has 1 heterocycles. The lowest BCUT2D eigenvalue weighted by molar-refractivity contribution is -0.137. The lowest BCUT2D eigenvalue weighted by Gasteiger charge is -2.40. The number of ether oxygens (including phenoxy) is 1. The Morgan fingerprint density at radius 2 is 2.17 bits per heavy atom. The van der Waals surface area contributed by atoms with E-state index in [1.165, 1.54) is 5.56 Å². The molecule has 0 saturated carbocycles. The van der Waals surface area contributed by atoms with Crippen LogP contribution in [-0.2, 0) is 16.1 Å². The number of carbonyl (C=O) groups excluding carboxylic acids is 1. The molecule has 1 amide bonds. The highest BCUT2D eigenvalue weighted by molar-refractivity contribution is 5.82. The first-order valence-corrected chi connectivity index (χ1v) is 8.97. The van der Waals surface area contributed by atoms with E-state index in [4.69, 9.17) is 10.5 Å². The van der Waals surface area contributed by atoms with E-state index in [9.17, 15) is 4.79 Å². The summed E-state index contributed by atoms with van der Waals surface area (Å²) in [6.07, 6.45) is 3.11. The highest BCUT2D eigenvalue weighted by atomic mass is 16.5. The number of amides is 1. The normalized spacial score (nSPS) is 19.9. The van der Waals surface area contributed by atoms with E-state index in [0.29, 0.717) is 0 Å². The quantitative estimate of drug-likeness (QED) is 0.789. The van der Waals surface area contributed by atoms with E-state index in [2.05, 4.69) is 36.1 Å². The fourth-order valence-corrected chi connectivity index (χ4v) is 3.45. The third kappa shape index (κ3) is 5.30.